The Kier molecular flexibility index (Phi) is 3.20. The van der Waals surface area contributed by atoms with E-state index in [9.17, 15) is 4.79 Å². The van der Waals surface area contributed by atoms with Crippen molar-refractivity contribution in [3.8, 4) is 0 Å². The van der Waals surface area contributed by atoms with E-state index in [1.807, 2.05) is 6.92 Å². The molecule has 0 aromatic rings. The summed E-state index contributed by atoms with van der Waals surface area (Å²) in [5.41, 5.74) is 0. The largest absolute Gasteiger partial charge is 0.508 e. The minimum Gasteiger partial charge on any atom is -0.434 e. The van der Waals surface area contributed by atoms with Crippen LogP contribution in [0.5, 0.6) is 0 Å². The lowest BCUT2D eigenvalue weighted by Crippen LogP contribution is -2.21. The first-order valence-corrected chi connectivity index (χ1v) is 4.16. The molecule has 0 spiro atoms. The lowest BCUT2D eigenvalue weighted by Gasteiger charge is -2.18. The zero-order valence-corrected chi connectivity index (χ0v) is 6.84. The number of hydrogen-bond acceptors (Lipinski definition) is 3. The van der Waals surface area contributed by atoms with E-state index in [2.05, 4.69) is 0 Å². The Morgan fingerprint density at radius 1 is 1.55 bits per heavy atom. The van der Waals surface area contributed by atoms with Crippen LogP contribution in [0.25, 0.3) is 0 Å². The van der Waals surface area contributed by atoms with Gasteiger partial charge in [0.15, 0.2) is 0 Å². The highest BCUT2D eigenvalue weighted by molar-refractivity contribution is 5.60. The summed E-state index contributed by atoms with van der Waals surface area (Å²) >= 11 is 0. The maximum absolute atomic E-state index is 10.8. The van der Waals surface area contributed by atoms with Gasteiger partial charge >= 0.3 is 6.16 Å². The van der Waals surface area contributed by atoms with Crippen molar-refractivity contribution < 1.29 is 14.3 Å². The maximum atomic E-state index is 10.8. The van der Waals surface area contributed by atoms with Gasteiger partial charge < -0.3 is 9.47 Å². The van der Waals surface area contributed by atoms with Gasteiger partial charge in [-0.05, 0) is 25.7 Å². The van der Waals surface area contributed by atoms with Crippen LogP contribution in [0.3, 0.4) is 0 Å². The van der Waals surface area contributed by atoms with Gasteiger partial charge in [-0.25, -0.2) is 4.79 Å². The van der Waals surface area contributed by atoms with E-state index in [1.165, 1.54) is 0 Å². The molecule has 64 valence electrons. The van der Waals surface area contributed by atoms with E-state index in [4.69, 9.17) is 9.47 Å². The molecule has 11 heavy (non-hydrogen) atoms. The zero-order valence-electron chi connectivity index (χ0n) is 6.84. The molecule has 0 saturated carbocycles. The minimum absolute atomic E-state index is 0.0720. The average Bonchev–Trinajstić information content (AvgIpc) is 1.96. The number of ether oxygens (including phenoxy) is 2. The molecule has 1 saturated heterocycles. The second-order valence-electron chi connectivity index (χ2n) is 2.74. The van der Waals surface area contributed by atoms with Crippen LogP contribution in [-0.4, -0.2) is 18.9 Å². The fourth-order valence-corrected chi connectivity index (χ4v) is 1.15. The lowest BCUT2D eigenvalue weighted by molar-refractivity contribution is 0.00686. The number of rotatable bonds is 1. The van der Waals surface area contributed by atoms with E-state index in [1.54, 1.807) is 0 Å². The van der Waals surface area contributed by atoms with Crippen molar-refractivity contribution in [2.75, 3.05) is 6.61 Å². The van der Waals surface area contributed by atoms with Gasteiger partial charge in [-0.1, -0.05) is 6.92 Å². The average molecular weight is 158 g/mol. The Morgan fingerprint density at radius 2 is 2.36 bits per heavy atom. The third kappa shape index (κ3) is 2.78. The van der Waals surface area contributed by atoms with Crippen LogP contribution in [0.1, 0.15) is 32.6 Å². The quantitative estimate of drug-likeness (QED) is 0.548. The molecule has 0 aliphatic carbocycles. The molecular formula is C8H14O3. The molecule has 1 heterocycles. The highest BCUT2D eigenvalue weighted by Gasteiger charge is 2.15. The van der Waals surface area contributed by atoms with Gasteiger partial charge in [-0.3, -0.25) is 0 Å². The molecule has 1 fully saturated rings. The number of carbonyl (C=O) groups is 1. The predicted octanol–water partition coefficient (Wildman–Crippen LogP) is 2.10. The van der Waals surface area contributed by atoms with E-state index in [-0.39, 0.29) is 6.10 Å². The molecule has 0 bridgehead atoms. The van der Waals surface area contributed by atoms with Crippen LogP contribution in [0.15, 0.2) is 0 Å². The predicted molar refractivity (Wildman–Crippen MR) is 40.4 cm³/mol. The third-order valence-corrected chi connectivity index (χ3v) is 1.86. The monoisotopic (exact) mass is 158 g/mol. The summed E-state index contributed by atoms with van der Waals surface area (Å²) in [6.07, 6.45) is 3.48. The molecular weight excluding hydrogens is 144 g/mol. The van der Waals surface area contributed by atoms with Crippen molar-refractivity contribution in [3.63, 3.8) is 0 Å². The molecule has 3 heteroatoms. The van der Waals surface area contributed by atoms with Crippen LogP contribution >= 0.6 is 0 Å². The van der Waals surface area contributed by atoms with Gasteiger partial charge in [-0.2, -0.15) is 0 Å². The van der Waals surface area contributed by atoms with Crippen molar-refractivity contribution in [2.24, 2.45) is 0 Å². The summed E-state index contributed by atoms with van der Waals surface area (Å²) in [6.45, 7) is 2.52. The SMILES string of the molecule is CCC1CCCCOC(=O)O1. The standard InChI is InChI=1S/C8H14O3/c1-2-7-5-3-4-6-10-8(9)11-7/h7H,2-6H2,1H3. The van der Waals surface area contributed by atoms with Crippen LogP contribution < -0.4 is 0 Å². The summed E-state index contributed by atoms with van der Waals surface area (Å²) < 4.78 is 9.73. The Morgan fingerprint density at radius 3 is 3.09 bits per heavy atom. The first kappa shape index (κ1) is 8.37. The fraction of sp³-hybridized carbons (Fsp3) is 0.875. The molecule has 0 radical (unpaired) electrons. The van der Waals surface area contributed by atoms with Gasteiger partial charge in [0, 0.05) is 0 Å². The lowest BCUT2D eigenvalue weighted by atomic mass is 10.1. The molecule has 1 aliphatic rings. The second kappa shape index (κ2) is 4.21. The highest BCUT2D eigenvalue weighted by atomic mass is 16.7. The van der Waals surface area contributed by atoms with Gasteiger partial charge in [0.25, 0.3) is 0 Å². The Hall–Kier alpha value is -0.730. The summed E-state index contributed by atoms with van der Waals surface area (Å²) in [7, 11) is 0. The molecule has 0 aromatic heterocycles. The summed E-state index contributed by atoms with van der Waals surface area (Å²) in [6, 6.07) is 0. The first-order chi connectivity index (χ1) is 5.33. The molecule has 1 atom stereocenters. The summed E-state index contributed by atoms with van der Waals surface area (Å²) in [5, 5.41) is 0. The zero-order chi connectivity index (χ0) is 8.10. The normalized spacial score (nSPS) is 26.3. The third-order valence-electron chi connectivity index (χ3n) is 1.86. The first-order valence-electron chi connectivity index (χ1n) is 4.16. The van der Waals surface area contributed by atoms with E-state index in [0.717, 1.165) is 25.7 Å². The van der Waals surface area contributed by atoms with E-state index in [0.29, 0.717) is 6.61 Å². The Balaban J connectivity index is 2.35. The Bertz CT molecular complexity index is 133. The molecule has 0 aromatic carbocycles. The van der Waals surface area contributed by atoms with Gasteiger partial charge in [0.05, 0.1) is 6.61 Å². The van der Waals surface area contributed by atoms with Crippen LogP contribution in [0.2, 0.25) is 0 Å². The van der Waals surface area contributed by atoms with Gasteiger partial charge in [0.2, 0.25) is 0 Å². The second-order valence-corrected chi connectivity index (χ2v) is 2.74. The van der Waals surface area contributed by atoms with Crippen LogP contribution in [0.4, 0.5) is 4.79 Å². The van der Waals surface area contributed by atoms with Crippen molar-refractivity contribution in [1.82, 2.24) is 0 Å². The summed E-state index contributed by atoms with van der Waals surface area (Å²) in [4.78, 5) is 10.8. The Labute approximate surface area is 66.7 Å². The molecule has 0 N–H and O–H groups in total. The maximum Gasteiger partial charge on any atom is 0.508 e. The fourth-order valence-electron chi connectivity index (χ4n) is 1.15. The molecule has 0 amide bonds. The van der Waals surface area contributed by atoms with Crippen molar-refractivity contribution in [2.45, 2.75) is 38.7 Å². The molecule has 1 rings (SSSR count). The van der Waals surface area contributed by atoms with E-state index >= 15 is 0 Å². The minimum atomic E-state index is -0.503. The van der Waals surface area contributed by atoms with Gasteiger partial charge in [-0.15, -0.1) is 0 Å². The topological polar surface area (TPSA) is 35.5 Å². The molecule has 1 aliphatic heterocycles. The number of hydrogen-bond donors (Lipinski definition) is 0. The van der Waals surface area contributed by atoms with Gasteiger partial charge in [0.1, 0.15) is 6.10 Å². The number of cyclic esters (lactones) is 2. The highest BCUT2D eigenvalue weighted by Crippen LogP contribution is 2.12. The molecule has 1 unspecified atom stereocenters. The smallest absolute Gasteiger partial charge is 0.434 e. The van der Waals surface area contributed by atoms with Crippen LogP contribution in [-0.2, 0) is 9.47 Å². The van der Waals surface area contributed by atoms with Crippen molar-refractivity contribution in [3.05, 3.63) is 0 Å². The van der Waals surface area contributed by atoms with Crippen LogP contribution in [0, 0.1) is 0 Å². The van der Waals surface area contributed by atoms with Crippen molar-refractivity contribution >= 4 is 6.16 Å². The van der Waals surface area contributed by atoms with E-state index < -0.39 is 6.16 Å². The van der Waals surface area contributed by atoms with Crippen molar-refractivity contribution in [1.29, 1.82) is 0 Å². The summed E-state index contributed by atoms with van der Waals surface area (Å²) in [5.74, 6) is 0. The molecule has 3 nitrogen and oxygen atoms in total. The number of carbonyl (C=O) groups excluding carboxylic acids is 1.